The second kappa shape index (κ2) is 5.18. The molecular formula is C13H20ClN3O2S. The Morgan fingerprint density at radius 2 is 1.95 bits per heavy atom. The molecule has 1 saturated heterocycles. The summed E-state index contributed by atoms with van der Waals surface area (Å²) in [5.41, 5.74) is 5.78. The fraction of sp³-hybridized carbons (Fsp3) is 0.538. The molecule has 0 spiro atoms. The third kappa shape index (κ3) is 2.65. The van der Waals surface area contributed by atoms with Crippen LogP contribution < -0.4 is 5.73 Å². The summed E-state index contributed by atoms with van der Waals surface area (Å²) < 4.78 is 27.0. The van der Waals surface area contributed by atoms with E-state index < -0.39 is 10.0 Å². The number of piperazine rings is 1. The lowest BCUT2D eigenvalue weighted by Gasteiger charge is -2.44. The van der Waals surface area contributed by atoms with Crippen molar-refractivity contribution in [2.75, 3.05) is 32.4 Å². The highest BCUT2D eigenvalue weighted by atomic mass is 35.5. The van der Waals surface area contributed by atoms with Crippen LogP contribution >= 0.6 is 11.6 Å². The lowest BCUT2D eigenvalue weighted by Crippen LogP contribution is -2.58. The number of nitrogens with zero attached hydrogens (tertiary/aromatic N) is 2. The molecule has 2 N–H and O–H groups in total. The monoisotopic (exact) mass is 317 g/mol. The Morgan fingerprint density at radius 1 is 1.30 bits per heavy atom. The second-order valence-corrected chi connectivity index (χ2v) is 8.01. The first-order valence-electron chi connectivity index (χ1n) is 6.41. The summed E-state index contributed by atoms with van der Waals surface area (Å²) in [6, 6.07) is 4.75. The highest BCUT2D eigenvalue weighted by molar-refractivity contribution is 7.89. The van der Waals surface area contributed by atoms with Gasteiger partial charge in [-0.1, -0.05) is 17.7 Å². The maximum Gasteiger partial charge on any atom is 0.246 e. The Hall–Kier alpha value is -0.820. The maximum absolute atomic E-state index is 12.8. The molecule has 1 aromatic carbocycles. The number of anilines is 1. The lowest BCUT2D eigenvalue weighted by molar-refractivity contribution is 0.0802. The molecule has 1 aliphatic rings. The molecule has 0 unspecified atom stereocenters. The van der Waals surface area contributed by atoms with E-state index in [4.69, 9.17) is 17.3 Å². The zero-order valence-corrected chi connectivity index (χ0v) is 13.5. The van der Waals surface area contributed by atoms with Crippen LogP contribution in [0.5, 0.6) is 0 Å². The Morgan fingerprint density at radius 3 is 2.50 bits per heavy atom. The fourth-order valence-corrected chi connectivity index (χ4v) is 4.55. The average Bonchev–Trinajstić information content (AvgIpc) is 2.32. The number of hydrogen-bond acceptors (Lipinski definition) is 4. The smallest absolute Gasteiger partial charge is 0.246 e. The van der Waals surface area contributed by atoms with Crippen molar-refractivity contribution in [2.24, 2.45) is 0 Å². The van der Waals surface area contributed by atoms with Gasteiger partial charge in [0.15, 0.2) is 0 Å². The van der Waals surface area contributed by atoms with Gasteiger partial charge < -0.3 is 5.73 Å². The van der Waals surface area contributed by atoms with E-state index in [0.29, 0.717) is 19.6 Å². The van der Waals surface area contributed by atoms with E-state index in [1.54, 1.807) is 18.2 Å². The van der Waals surface area contributed by atoms with Crippen LogP contribution in [0.3, 0.4) is 0 Å². The molecule has 1 fully saturated rings. The molecule has 20 heavy (non-hydrogen) atoms. The molecule has 0 aromatic heterocycles. The van der Waals surface area contributed by atoms with E-state index in [2.05, 4.69) is 4.90 Å². The minimum absolute atomic E-state index is 0.0158. The number of nitrogen functional groups attached to an aromatic ring is 1. The molecular weight excluding hydrogens is 298 g/mol. The minimum Gasteiger partial charge on any atom is -0.398 e. The third-order valence-corrected chi connectivity index (χ3v) is 6.27. The summed E-state index contributed by atoms with van der Waals surface area (Å²) >= 11 is 6.04. The summed E-state index contributed by atoms with van der Waals surface area (Å²) in [7, 11) is -1.67. The molecule has 0 atom stereocenters. The van der Waals surface area contributed by atoms with Crippen molar-refractivity contribution < 1.29 is 8.42 Å². The predicted molar refractivity (Wildman–Crippen MR) is 81.3 cm³/mol. The predicted octanol–water partition coefficient (Wildman–Crippen LogP) is 1.64. The number of halogens is 1. The van der Waals surface area contributed by atoms with E-state index in [9.17, 15) is 8.42 Å². The van der Waals surface area contributed by atoms with Crippen molar-refractivity contribution in [2.45, 2.75) is 24.3 Å². The zero-order valence-electron chi connectivity index (χ0n) is 11.9. The van der Waals surface area contributed by atoms with Gasteiger partial charge in [0.25, 0.3) is 0 Å². The fourth-order valence-electron chi connectivity index (χ4n) is 2.33. The molecule has 0 saturated carbocycles. The van der Waals surface area contributed by atoms with Gasteiger partial charge in [0, 0.05) is 25.2 Å². The minimum atomic E-state index is -3.67. The summed E-state index contributed by atoms with van der Waals surface area (Å²) in [4.78, 5) is 2.16. The Balaban J connectivity index is 2.42. The maximum atomic E-state index is 12.8. The van der Waals surface area contributed by atoms with Gasteiger partial charge in [0.2, 0.25) is 10.0 Å². The number of benzene rings is 1. The van der Waals surface area contributed by atoms with Crippen LogP contribution in [0.15, 0.2) is 23.1 Å². The highest BCUT2D eigenvalue weighted by Crippen LogP contribution is 2.32. The highest BCUT2D eigenvalue weighted by Gasteiger charge is 2.38. The van der Waals surface area contributed by atoms with Crippen LogP contribution in [0.2, 0.25) is 5.02 Å². The first kappa shape index (κ1) is 15.6. The van der Waals surface area contributed by atoms with Crippen molar-refractivity contribution in [1.82, 2.24) is 9.21 Å². The van der Waals surface area contributed by atoms with Crippen LogP contribution in [0.1, 0.15) is 13.8 Å². The molecule has 112 valence electrons. The Bertz CT molecular complexity index is 596. The van der Waals surface area contributed by atoms with E-state index in [1.165, 1.54) is 4.31 Å². The average molecular weight is 318 g/mol. The number of sulfonamides is 1. The summed E-state index contributed by atoms with van der Waals surface area (Å²) in [5.74, 6) is 0. The van der Waals surface area contributed by atoms with E-state index in [-0.39, 0.29) is 21.1 Å². The molecule has 1 aromatic rings. The van der Waals surface area contributed by atoms with Crippen LogP contribution in [0.25, 0.3) is 0 Å². The van der Waals surface area contributed by atoms with Gasteiger partial charge in [0.05, 0.1) is 10.7 Å². The number of nitrogens with two attached hydrogens (primary N) is 1. The summed E-state index contributed by atoms with van der Waals surface area (Å²) in [5, 5.41) is 0.168. The van der Waals surface area contributed by atoms with Gasteiger partial charge in [-0.25, -0.2) is 8.42 Å². The molecule has 0 amide bonds. The summed E-state index contributed by atoms with van der Waals surface area (Å²) in [6.45, 7) is 5.56. The van der Waals surface area contributed by atoms with Crippen molar-refractivity contribution in [3.63, 3.8) is 0 Å². The number of hydrogen-bond donors (Lipinski definition) is 1. The molecule has 1 aliphatic heterocycles. The molecule has 7 heteroatoms. The first-order chi connectivity index (χ1) is 9.16. The van der Waals surface area contributed by atoms with E-state index in [1.807, 2.05) is 20.9 Å². The molecule has 5 nitrogen and oxygen atoms in total. The van der Waals surface area contributed by atoms with Crippen LogP contribution in [0.4, 0.5) is 5.69 Å². The first-order valence-corrected chi connectivity index (χ1v) is 8.23. The van der Waals surface area contributed by atoms with Crippen LogP contribution in [0, 0.1) is 0 Å². The van der Waals surface area contributed by atoms with Crippen LogP contribution in [-0.2, 0) is 10.0 Å². The molecule has 1 heterocycles. The molecule has 2 rings (SSSR count). The molecule has 0 aliphatic carbocycles. The standard InChI is InChI=1S/C13H20ClN3O2S/c1-13(2)9-17(8-7-16(13)3)20(18,19)12-10(14)5-4-6-11(12)15/h4-6H,7-9,15H2,1-3H3. The van der Waals surface area contributed by atoms with E-state index in [0.717, 1.165) is 0 Å². The van der Waals surface area contributed by atoms with Gasteiger partial charge in [-0.05, 0) is 33.0 Å². The lowest BCUT2D eigenvalue weighted by atomic mass is 10.0. The normalized spacial score (nSPS) is 21.0. The van der Waals surface area contributed by atoms with Gasteiger partial charge >= 0.3 is 0 Å². The van der Waals surface area contributed by atoms with Crippen molar-refractivity contribution in [1.29, 1.82) is 0 Å². The van der Waals surface area contributed by atoms with Gasteiger partial charge in [-0.3, -0.25) is 4.90 Å². The quantitative estimate of drug-likeness (QED) is 0.842. The molecule has 0 radical (unpaired) electrons. The largest absolute Gasteiger partial charge is 0.398 e. The summed E-state index contributed by atoms with van der Waals surface area (Å²) in [6.07, 6.45) is 0. The topological polar surface area (TPSA) is 66.6 Å². The van der Waals surface area contributed by atoms with Crippen LogP contribution in [-0.4, -0.2) is 49.8 Å². The Labute approximate surface area is 125 Å². The van der Waals surface area contributed by atoms with E-state index >= 15 is 0 Å². The molecule has 0 bridgehead atoms. The SMILES string of the molecule is CN1CCN(S(=O)(=O)c2c(N)cccc2Cl)CC1(C)C. The second-order valence-electron chi connectivity index (χ2n) is 5.73. The van der Waals surface area contributed by atoms with Crippen molar-refractivity contribution in [3.8, 4) is 0 Å². The number of rotatable bonds is 2. The third-order valence-electron chi connectivity index (χ3n) is 3.88. The van der Waals surface area contributed by atoms with Gasteiger partial charge in [0.1, 0.15) is 4.90 Å². The van der Waals surface area contributed by atoms with Gasteiger partial charge in [-0.2, -0.15) is 4.31 Å². The van der Waals surface area contributed by atoms with Gasteiger partial charge in [-0.15, -0.1) is 0 Å². The van der Waals surface area contributed by atoms with Crippen molar-refractivity contribution >= 4 is 27.3 Å². The number of likely N-dealkylation sites (N-methyl/N-ethyl adjacent to an activating group) is 1. The van der Waals surface area contributed by atoms with Crippen molar-refractivity contribution in [3.05, 3.63) is 23.2 Å². The zero-order chi connectivity index (χ0) is 15.1. The Kier molecular flexibility index (Phi) is 4.03.